The molecule has 0 saturated carbocycles. The van der Waals surface area contributed by atoms with Crippen molar-refractivity contribution in [2.75, 3.05) is 37.9 Å². The van der Waals surface area contributed by atoms with Crippen LogP contribution in [0.3, 0.4) is 0 Å². The zero-order valence-corrected chi connectivity index (χ0v) is 19.1. The molecule has 1 amide bonds. The standard InChI is InChI=1S/C24H29N5O4/c1-4-28(20(30)16-27(2)14-18-11-8-12-19(13-18)33-3)21-22(25)29(24(32)26-23(21)31)15-17-9-6-5-7-10-17/h5-13H,4,14-16,25H2,1-3H3,(H,26,31,32)/p+1. The number of rotatable bonds is 9. The number of benzene rings is 2. The number of nitrogen functional groups attached to an aromatic ring is 1. The van der Waals surface area contributed by atoms with Gasteiger partial charge in [-0.05, 0) is 24.6 Å². The first-order valence-electron chi connectivity index (χ1n) is 10.7. The molecule has 1 heterocycles. The molecule has 1 unspecified atom stereocenters. The number of aromatic amines is 1. The van der Waals surface area contributed by atoms with Crippen LogP contribution in [0, 0.1) is 0 Å². The lowest BCUT2D eigenvalue weighted by atomic mass is 10.2. The highest BCUT2D eigenvalue weighted by atomic mass is 16.5. The maximum atomic E-state index is 13.1. The number of likely N-dealkylation sites (N-methyl/N-ethyl adjacent to an activating group) is 2. The molecule has 1 atom stereocenters. The average molecular weight is 453 g/mol. The first-order chi connectivity index (χ1) is 15.8. The highest BCUT2D eigenvalue weighted by Gasteiger charge is 2.25. The highest BCUT2D eigenvalue weighted by molar-refractivity contribution is 5.96. The van der Waals surface area contributed by atoms with Gasteiger partial charge in [0.15, 0.2) is 12.2 Å². The molecular weight excluding hydrogens is 422 g/mol. The molecule has 0 aliphatic heterocycles. The minimum atomic E-state index is -0.678. The molecule has 9 heteroatoms. The van der Waals surface area contributed by atoms with Gasteiger partial charge in [0.1, 0.15) is 18.1 Å². The van der Waals surface area contributed by atoms with Crippen molar-refractivity contribution in [3.63, 3.8) is 0 Å². The fraction of sp³-hybridized carbons (Fsp3) is 0.292. The summed E-state index contributed by atoms with van der Waals surface area (Å²) in [6.07, 6.45) is 0. The molecule has 9 nitrogen and oxygen atoms in total. The topological polar surface area (TPSA) is 115 Å². The Morgan fingerprint density at radius 1 is 1.12 bits per heavy atom. The molecule has 174 valence electrons. The number of hydrogen-bond acceptors (Lipinski definition) is 5. The summed E-state index contributed by atoms with van der Waals surface area (Å²) in [7, 11) is 3.51. The molecule has 0 aliphatic carbocycles. The van der Waals surface area contributed by atoms with E-state index in [1.165, 1.54) is 9.47 Å². The van der Waals surface area contributed by atoms with Gasteiger partial charge in [-0.3, -0.25) is 24.0 Å². The van der Waals surface area contributed by atoms with Crippen LogP contribution in [0.4, 0.5) is 11.5 Å². The van der Waals surface area contributed by atoms with E-state index in [0.29, 0.717) is 6.54 Å². The number of hydrogen-bond donors (Lipinski definition) is 3. The third kappa shape index (κ3) is 5.69. The van der Waals surface area contributed by atoms with Crippen LogP contribution >= 0.6 is 0 Å². The van der Waals surface area contributed by atoms with Gasteiger partial charge < -0.3 is 15.4 Å². The summed E-state index contributed by atoms with van der Waals surface area (Å²) in [6.45, 7) is 2.92. The SMILES string of the molecule is CCN(C(=O)C[NH+](C)Cc1cccc(OC)c1)c1c(N)n(Cc2ccccc2)c(=O)[nH]c1=O. The van der Waals surface area contributed by atoms with Crippen molar-refractivity contribution in [3.8, 4) is 5.75 Å². The van der Waals surface area contributed by atoms with Gasteiger partial charge in [-0.1, -0.05) is 42.5 Å². The van der Waals surface area contributed by atoms with Gasteiger partial charge in [-0.15, -0.1) is 0 Å². The molecule has 0 saturated heterocycles. The number of carbonyl (C=O) groups is 1. The zero-order chi connectivity index (χ0) is 24.0. The van der Waals surface area contributed by atoms with E-state index >= 15 is 0 Å². The summed E-state index contributed by atoms with van der Waals surface area (Å²) in [5.41, 5.74) is 6.83. The summed E-state index contributed by atoms with van der Waals surface area (Å²) in [5.74, 6) is 0.454. The summed E-state index contributed by atoms with van der Waals surface area (Å²) in [4.78, 5) is 42.8. The lowest BCUT2D eigenvalue weighted by Crippen LogP contribution is -3.09. The van der Waals surface area contributed by atoms with Gasteiger partial charge in [0.25, 0.3) is 11.5 Å². The van der Waals surface area contributed by atoms with Crippen molar-refractivity contribution in [2.24, 2.45) is 0 Å². The van der Waals surface area contributed by atoms with Crippen LogP contribution in [0.15, 0.2) is 64.2 Å². The number of aromatic nitrogens is 2. The van der Waals surface area contributed by atoms with Crippen molar-refractivity contribution in [1.29, 1.82) is 0 Å². The largest absolute Gasteiger partial charge is 0.497 e. The molecule has 2 aromatic carbocycles. The summed E-state index contributed by atoms with van der Waals surface area (Å²) in [6, 6.07) is 16.9. The van der Waals surface area contributed by atoms with E-state index in [1.807, 2.05) is 61.6 Å². The van der Waals surface area contributed by atoms with Crippen LogP contribution in [0.25, 0.3) is 0 Å². The monoisotopic (exact) mass is 452 g/mol. The van der Waals surface area contributed by atoms with Gasteiger partial charge in [0.05, 0.1) is 20.7 Å². The van der Waals surface area contributed by atoms with E-state index in [0.717, 1.165) is 21.8 Å². The molecule has 0 aliphatic rings. The second kappa shape index (κ2) is 10.6. The van der Waals surface area contributed by atoms with Crippen molar-refractivity contribution < 1.29 is 14.4 Å². The van der Waals surface area contributed by atoms with Crippen LogP contribution in [0.5, 0.6) is 5.75 Å². The number of H-pyrrole nitrogens is 1. The minimum absolute atomic E-state index is 0.00721. The van der Waals surface area contributed by atoms with Gasteiger partial charge >= 0.3 is 5.69 Å². The Labute approximate surface area is 192 Å². The first kappa shape index (κ1) is 23.8. The van der Waals surface area contributed by atoms with Crippen LogP contribution in [0.1, 0.15) is 18.1 Å². The number of anilines is 2. The molecule has 0 fully saturated rings. The van der Waals surface area contributed by atoms with Crippen LogP contribution in [0.2, 0.25) is 0 Å². The number of nitrogens with zero attached hydrogens (tertiary/aromatic N) is 2. The predicted octanol–water partition coefficient (Wildman–Crippen LogP) is 0.244. The Hall–Kier alpha value is -3.85. The maximum absolute atomic E-state index is 13.1. The summed E-state index contributed by atoms with van der Waals surface area (Å²) < 4.78 is 6.53. The molecule has 3 rings (SSSR count). The molecular formula is C24H30N5O4+. The van der Waals surface area contributed by atoms with Crippen LogP contribution in [-0.2, 0) is 17.9 Å². The second-order valence-corrected chi connectivity index (χ2v) is 7.87. The van der Waals surface area contributed by atoms with Gasteiger partial charge in [0.2, 0.25) is 0 Å². The Morgan fingerprint density at radius 3 is 2.48 bits per heavy atom. The van der Waals surface area contributed by atoms with Crippen LogP contribution in [-0.4, -0.2) is 42.7 Å². The Balaban J connectivity index is 1.84. The molecule has 0 bridgehead atoms. The van der Waals surface area contributed by atoms with E-state index in [4.69, 9.17) is 10.5 Å². The van der Waals surface area contributed by atoms with E-state index < -0.39 is 11.2 Å². The van der Waals surface area contributed by atoms with E-state index in [1.54, 1.807) is 14.0 Å². The number of quaternary nitrogens is 1. The number of methoxy groups -OCH3 is 1. The van der Waals surface area contributed by atoms with Crippen molar-refractivity contribution >= 4 is 17.4 Å². The second-order valence-electron chi connectivity index (χ2n) is 7.87. The van der Waals surface area contributed by atoms with Crippen molar-refractivity contribution in [2.45, 2.75) is 20.0 Å². The highest BCUT2D eigenvalue weighted by Crippen LogP contribution is 2.17. The van der Waals surface area contributed by atoms with E-state index in [2.05, 4.69) is 4.98 Å². The van der Waals surface area contributed by atoms with Gasteiger partial charge in [-0.25, -0.2) is 4.79 Å². The number of amides is 1. The lowest BCUT2D eigenvalue weighted by molar-refractivity contribution is -0.885. The average Bonchev–Trinajstić information content (AvgIpc) is 2.80. The molecule has 3 aromatic rings. The molecule has 0 spiro atoms. The molecule has 0 radical (unpaired) electrons. The van der Waals surface area contributed by atoms with E-state index in [-0.39, 0.29) is 37.0 Å². The quantitative estimate of drug-likeness (QED) is 0.430. The normalized spacial score (nSPS) is 11.7. The predicted molar refractivity (Wildman–Crippen MR) is 128 cm³/mol. The fourth-order valence-electron chi connectivity index (χ4n) is 3.77. The Bertz CT molecular complexity index is 1220. The molecule has 33 heavy (non-hydrogen) atoms. The fourth-order valence-corrected chi connectivity index (χ4v) is 3.77. The van der Waals surface area contributed by atoms with Crippen LogP contribution < -0.4 is 31.5 Å². The molecule has 4 N–H and O–H groups in total. The lowest BCUT2D eigenvalue weighted by Gasteiger charge is -2.24. The van der Waals surface area contributed by atoms with Gasteiger partial charge in [-0.2, -0.15) is 0 Å². The third-order valence-corrected chi connectivity index (χ3v) is 5.38. The zero-order valence-electron chi connectivity index (χ0n) is 19.1. The smallest absolute Gasteiger partial charge is 0.330 e. The maximum Gasteiger partial charge on any atom is 0.330 e. The number of ether oxygens (including phenoxy) is 1. The van der Waals surface area contributed by atoms with Gasteiger partial charge in [0, 0.05) is 12.1 Å². The first-order valence-corrected chi connectivity index (χ1v) is 10.7. The third-order valence-electron chi connectivity index (χ3n) is 5.38. The number of nitrogens with two attached hydrogens (primary N) is 1. The Kier molecular flexibility index (Phi) is 7.68. The Morgan fingerprint density at radius 2 is 1.82 bits per heavy atom. The molecule has 1 aromatic heterocycles. The summed E-state index contributed by atoms with van der Waals surface area (Å²) in [5, 5.41) is 0. The number of carbonyl (C=O) groups excluding carboxylic acids is 1. The van der Waals surface area contributed by atoms with Crippen molar-refractivity contribution in [1.82, 2.24) is 9.55 Å². The minimum Gasteiger partial charge on any atom is -0.497 e. The van der Waals surface area contributed by atoms with E-state index in [9.17, 15) is 14.4 Å². The van der Waals surface area contributed by atoms with Crippen molar-refractivity contribution in [3.05, 3.63) is 86.6 Å². The summed E-state index contributed by atoms with van der Waals surface area (Å²) >= 11 is 0. The number of nitrogens with one attached hydrogen (secondary N) is 2.